The zero-order valence-electron chi connectivity index (χ0n) is 14.3. The van der Waals surface area contributed by atoms with E-state index < -0.39 is 6.52 Å². The summed E-state index contributed by atoms with van der Waals surface area (Å²) >= 11 is 3.38. The fourth-order valence-corrected chi connectivity index (χ4v) is 3.15. The highest BCUT2D eigenvalue weighted by atomic mass is 79.9. The zero-order valence-corrected chi connectivity index (χ0v) is 14.9. The number of halogens is 1. The van der Waals surface area contributed by atoms with Crippen LogP contribution >= 0.6 is 15.9 Å². The molecule has 3 rings (SSSR count). The number of benzene rings is 1. The summed E-state index contributed by atoms with van der Waals surface area (Å²) in [6, 6.07) is 8.77. The molecule has 0 aliphatic carbocycles. The lowest BCUT2D eigenvalue weighted by molar-refractivity contribution is 0.0711. The molecule has 0 radical (unpaired) electrons. The first-order chi connectivity index (χ1) is 12.0. The second kappa shape index (κ2) is 7.17. The van der Waals surface area contributed by atoms with E-state index in [1.807, 2.05) is 6.07 Å². The third-order valence-electron chi connectivity index (χ3n) is 4.11. The summed E-state index contributed by atoms with van der Waals surface area (Å²) in [4.78, 5) is 14.4. The van der Waals surface area contributed by atoms with Crippen LogP contribution in [0.4, 0.5) is 5.82 Å². The van der Waals surface area contributed by atoms with Crippen molar-refractivity contribution >= 4 is 27.7 Å². The number of anilines is 1. The van der Waals surface area contributed by atoms with Crippen molar-refractivity contribution in [2.24, 2.45) is 0 Å². The number of nitrogens with two attached hydrogens (primary N) is 1. The van der Waals surface area contributed by atoms with Gasteiger partial charge in [-0.05, 0) is 59.1 Å². The normalized spacial score (nSPS) is 21.2. The molecule has 2 heterocycles. The first kappa shape index (κ1) is 15.4. The average Bonchev–Trinajstić information content (AvgIpc) is 2.62. The van der Waals surface area contributed by atoms with Gasteiger partial charge in [0.05, 0.1) is 17.3 Å². The van der Waals surface area contributed by atoms with Crippen LogP contribution in [0.1, 0.15) is 36.2 Å². The van der Waals surface area contributed by atoms with Gasteiger partial charge in [-0.2, -0.15) is 5.10 Å². The average molecular weight is 392 g/mol. The maximum atomic E-state index is 12.8. The molecule has 7 heteroatoms. The number of piperidine rings is 1. The lowest BCUT2D eigenvalue weighted by Crippen LogP contribution is -2.38. The van der Waals surface area contributed by atoms with Gasteiger partial charge in [0.15, 0.2) is 0 Å². The van der Waals surface area contributed by atoms with E-state index in [2.05, 4.69) is 26.1 Å². The highest BCUT2D eigenvalue weighted by molar-refractivity contribution is 9.10. The van der Waals surface area contributed by atoms with Gasteiger partial charge >= 0.3 is 0 Å². The molecule has 1 fully saturated rings. The molecule has 0 saturated carbocycles. The number of aromatic nitrogens is 2. The van der Waals surface area contributed by atoms with Gasteiger partial charge in [0.25, 0.3) is 5.91 Å². The second-order valence-corrected chi connectivity index (χ2v) is 6.49. The molecular weight excluding hydrogens is 372 g/mol. The number of rotatable bonds is 3. The van der Waals surface area contributed by atoms with Crippen molar-refractivity contribution in [1.82, 2.24) is 15.1 Å². The number of ether oxygens (including phenoxy) is 1. The first-order valence-electron chi connectivity index (χ1n) is 8.23. The van der Waals surface area contributed by atoms with E-state index in [-0.39, 0.29) is 11.8 Å². The van der Waals surface area contributed by atoms with E-state index in [1.54, 1.807) is 36.3 Å². The Morgan fingerprint density at radius 3 is 2.88 bits per heavy atom. The Morgan fingerprint density at radius 1 is 1.38 bits per heavy atom. The second-order valence-electron chi connectivity index (χ2n) is 5.63. The van der Waals surface area contributed by atoms with Crippen LogP contribution in [0.3, 0.4) is 0 Å². The Morgan fingerprint density at radius 2 is 2.21 bits per heavy atom. The highest BCUT2D eigenvalue weighted by Gasteiger charge is 2.25. The van der Waals surface area contributed by atoms with Crippen LogP contribution in [0, 0.1) is 0 Å². The number of carbonyl (C=O) groups excluding carboxylic acids is 1. The first-order valence-corrected chi connectivity index (χ1v) is 8.44. The van der Waals surface area contributed by atoms with Crippen molar-refractivity contribution in [2.75, 3.05) is 25.9 Å². The summed E-state index contributed by atoms with van der Waals surface area (Å²) in [6.45, 7) is -0.123. The Kier molecular flexibility index (Phi) is 4.60. The minimum absolute atomic E-state index is 0.110. The number of likely N-dealkylation sites (tertiary alicyclic amines) is 1. The SMILES string of the molecule is [2H]C1CC(c2ccc(N)nn2)CCN1C(=O)c1ccc(Br)c(OC)c1. The summed E-state index contributed by atoms with van der Waals surface area (Å²) in [5.41, 5.74) is 6.91. The molecule has 1 aromatic carbocycles. The lowest BCUT2D eigenvalue weighted by atomic mass is 9.93. The summed E-state index contributed by atoms with van der Waals surface area (Å²) in [5, 5.41) is 7.99. The van der Waals surface area contributed by atoms with E-state index in [0.29, 0.717) is 30.1 Å². The fourth-order valence-electron chi connectivity index (χ4n) is 2.74. The van der Waals surface area contributed by atoms with E-state index in [9.17, 15) is 4.79 Å². The van der Waals surface area contributed by atoms with Crippen LogP contribution in [-0.2, 0) is 0 Å². The monoisotopic (exact) mass is 391 g/mol. The van der Waals surface area contributed by atoms with Crippen LogP contribution in [0.5, 0.6) is 5.75 Å². The molecule has 24 heavy (non-hydrogen) atoms. The predicted octanol–water partition coefficient (Wildman–Crippen LogP) is 2.85. The smallest absolute Gasteiger partial charge is 0.253 e. The molecule has 1 amide bonds. The fraction of sp³-hybridized carbons (Fsp3) is 0.353. The molecule has 1 aliphatic heterocycles. The summed E-state index contributed by atoms with van der Waals surface area (Å²) < 4.78 is 14.4. The summed E-state index contributed by atoms with van der Waals surface area (Å²) in [7, 11) is 1.56. The number of carbonyl (C=O) groups is 1. The molecule has 0 spiro atoms. The van der Waals surface area contributed by atoms with Gasteiger partial charge in [0.2, 0.25) is 0 Å². The van der Waals surface area contributed by atoms with E-state index in [1.165, 1.54) is 0 Å². The third kappa shape index (κ3) is 3.51. The molecule has 2 atom stereocenters. The topological polar surface area (TPSA) is 81.3 Å². The van der Waals surface area contributed by atoms with E-state index in [4.69, 9.17) is 11.8 Å². The largest absolute Gasteiger partial charge is 0.496 e. The van der Waals surface area contributed by atoms with Crippen LogP contribution in [0.25, 0.3) is 0 Å². The van der Waals surface area contributed by atoms with Crippen molar-refractivity contribution in [2.45, 2.75) is 18.8 Å². The van der Waals surface area contributed by atoms with Gasteiger partial charge in [-0.15, -0.1) is 5.10 Å². The van der Waals surface area contributed by atoms with Crippen molar-refractivity contribution in [3.63, 3.8) is 0 Å². The van der Waals surface area contributed by atoms with Crippen LogP contribution < -0.4 is 10.5 Å². The number of nitrogens with zero attached hydrogens (tertiary/aromatic N) is 3. The van der Waals surface area contributed by atoms with E-state index in [0.717, 1.165) is 16.6 Å². The molecule has 1 aromatic heterocycles. The molecule has 1 saturated heterocycles. The zero-order chi connectivity index (χ0) is 18.0. The number of hydrogen-bond donors (Lipinski definition) is 1. The van der Waals surface area contributed by atoms with Crippen molar-refractivity contribution in [1.29, 1.82) is 0 Å². The molecule has 2 aromatic rings. The van der Waals surface area contributed by atoms with Gasteiger partial charge in [-0.25, -0.2) is 0 Å². The van der Waals surface area contributed by atoms with Gasteiger partial charge in [-0.3, -0.25) is 4.79 Å². The number of amides is 1. The predicted molar refractivity (Wildman–Crippen MR) is 95.0 cm³/mol. The Bertz CT molecular complexity index is 772. The Balaban J connectivity index is 1.72. The van der Waals surface area contributed by atoms with Gasteiger partial charge in [0.1, 0.15) is 11.6 Å². The standard InChI is InChI=1S/C17H19BrN4O2/c1-24-15-10-12(2-3-13(15)18)17(23)22-8-6-11(7-9-22)14-4-5-16(19)21-20-14/h2-5,10-11H,6-9H2,1H3,(H2,19,21)/i8D. The molecule has 2 unspecified atom stereocenters. The van der Waals surface area contributed by atoms with Crippen LogP contribution in [0.15, 0.2) is 34.8 Å². The van der Waals surface area contributed by atoms with Gasteiger partial charge < -0.3 is 15.4 Å². The quantitative estimate of drug-likeness (QED) is 0.869. The molecule has 2 N–H and O–H groups in total. The Labute approximate surface area is 150 Å². The van der Waals surface area contributed by atoms with E-state index >= 15 is 0 Å². The maximum absolute atomic E-state index is 12.8. The summed E-state index contributed by atoms with van der Waals surface area (Å²) in [5.74, 6) is 0.925. The lowest BCUT2D eigenvalue weighted by Gasteiger charge is -2.31. The number of nitrogen functional groups attached to an aromatic ring is 1. The van der Waals surface area contributed by atoms with Gasteiger partial charge in [0, 0.05) is 25.9 Å². The molecule has 126 valence electrons. The summed E-state index contributed by atoms with van der Waals surface area (Å²) in [6.07, 6.45) is 1.27. The molecule has 6 nitrogen and oxygen atoms in total. The van der Waals surface area contributed by atoms with Crippen molar-refractivity contribution < 1.29 is 10.9 Å². The minimum Gasteiger partial charge on any atom is -0.496 e. The molecular formula is C17H19BrN4O2. The number of hydrogen-bond acceptors (Lipinski definition) is 5. The maximum Gasteiger partial charge on any atom is 0.253 e. The minimum atomic E-state index is -0.625. The van der Waals surface area contributed by atoms with Crippen molar-refractivity contribution in [3.8, 4) is 5.75 Å². The Hall–Kier alpha value is -2.15. The third-order valence-corrected chi connectivity index (χ3v) is 4.77. The van der Waals surface area contributed by atoms with Crippen LogP contribution in [-0.4, -0.2) is 41.2 Å². The van der Waals surface area contributed by atoms with Gasteiger partial charge in [-0.1, -0.05) is 0 Å². The number of methoxy groups -OCH3 is 1. The highest BCUT2D eigenvalue weighted by Crippen LogP contribution is 2.29. The van der Waals surface area contributed by atoms with Crippen LogP contribution in [0.2, 0.25) is 0 Å². The molecule has 1 aliphatic rings. The van der Waals surface area contributed by atoms with Crippen molar-refractivity contribution in [3.05, 3.63) is 46.1 Å². The molecule has 0 bridgehead atoms.